The zero-order chi connectivity index (χ0) is 44.8. The highest BCUT2D eigenvalue weighted by Crippen LogP contribution is 2.41. The van der Waals surface area contributed by atoms with Crippen LogP contribution in [0, 0.1) is 16.6 Å². The standard InChI is InChI=1S/C24H26FNO5S2.C18H22BrNO5S2/c1-24(2,3)15-26(23(27)28)14-17-13-20(19-10-5-6-11-21(19)25)22(32-17)33(29,30)18-9-7-8-16(12-18)31-4;1-18(2,3)11-20(17(21)22)10-13-9-15(19)16(26-13)27(23,24)14-7-5-6-12(8-14)25-4/h5-13H,14-15H2,1-4H3,(H,27,28);5-9H,10-11H2,1-4H3,(H,21,22). The Balaban J connectivity index is 0.000000270. The first-order chi connectivity index (χ1) is 27.9. The second-order valence-corrected chi connectivity index (χ2v) is 23.4. The van der Waals surface area contributed by atoms with E-state index in [0.29, 0.717) is 32.3 Å². The molecule has 0 spiro atoms. The summed E-state index contributed by atoms with van der Waals surface area (Å²) in [6.45, 7) is 12.3. The van der Waals surface area contributed by atoms with Crippen LogP contribution in [0.4, 0.5) is 14.0 Å². The number of hydrogen-bond acceptors (Lipinski definition) is 10. The molecule has 12 nitrogen and oxygen atoms in total. The Morgan fingerprint density at radius 1 is 0.650 bits per heavy atom. The van der Waals surface area contributed by atoms with E-state index in [4.69, 9.17) is 9.47 Å². The maximum Gasteiger partial charge on any atom is 0.407 e. The lowest BCUT2D eigenvalue weighted by Crippen LogP contribution is -2.36. The molecule has 2 amide bonds. The molecule has 2 aromatic heterocycles. The number of rotatable bonds is 13. The van der Waals surface area contributed by atoms with E-state index in [1.54, 1.807) is 42.5 Å². The van der Waals surface area contributed by atoms with Crippen LogP contribution in [0.5, 0.6) is 11.5 Å². The topological polar surface area (TPSA) is 168 Å². The van der Waals surface area contributed by atoms with E-state index >= 15 is 0 Å². The number of carbonyl (C=O) groups is 2. The first kappa shape index (κ1) is 48.2. The van der Waals surface area contributed by atoms with E-state index in [0.717, 1.165) is 22.7 Å². The summed E-state index contributed by atoms with van der Waals surface area (Å²) >= 11 is 5.32. The molecule has 0 bridgehead atoms. The van der Waals surface area contributed by atoms with Gasteiger partial charge in [-0.1, -0.05) is 71.9 Å². The number of benzene rings is 3. The Bertz CT molecular complexity index is 2540. The molecule has 5 rings (SSSR count). The zero-order valence-electron chi connectivity index (χ0n) is 34.4. The summed E-state index contributed by atoms with van der Waals surface area (Å²) in [5.41, 5.74) is -0.154. The third-order valence-electron chi connectivity index (χ3n) is 8.38. The number of halogens is 2. The molecule has 0 aliphatic heterocycles. The summed E-state index contributed by atoms with van der Waals surface area (Å²) in [5, 5.41) is 19.1. The quantitative estimate of drug-likeness (QED) is 0.116. The fourth-order valence-electron chi connectivity index (χ4n) is 5.88. The van der Waals surface area contributed by atoms with Crippen LogP contribution in [0.3, 0.4) is 0 Å². The molecular weight excluding hydrogens is 920 g/mol. The summed E-state index contributed by atoms with van der Waals surface area (Å²) < 4.78 is 78.6. The van der Waals surface area contributed by atoms with Gasteiger partial charge >= 0.3 is 12.2 Å². The van der Waals surface area contributed by atoms with Crippen LogP contribution in [0.15, 0.2) is 108 Å². The van der Waals surface area contributed by atoms with Gasteiger partial charge in [-0.2, -0.15) is 0 Å². The van der Waals surface area contributed by atoms with Gasteiger partial charge in [0.1, 0.15) is 25.7 Å². The van der Waals surface area contributed by atoms with Crippen molar-refractivity contribution in [2.24, 2.45) is 10.8 Å². The van der Waals surface area contributed by atoms with Crippen molar-refractivity contribution in [2.45, 2.75) is 72.8 Å². The number of carboxylic acid groups (broad SMARTS) is 2. The lowest BCUT2D eigenvalue weighted by Gasteiger charge is -2.27. The molecule has 324 valence electrons. The van der Waals surface area contributed by atoms with Crippen molar-refractivity contribution < 1.29 is 50.5 Å². The van der Waals surface area contributed by atoms with Gasteiger partial charge in [0.05, 0.1) is 37.1 Å². The average Bonchev–Trinajstić information content (AvgIpc) is 3.77. The number of ether oxygens (including phenoxy) is 2. The Labute approximate surface area is 367 Å². The largest absolute Gasteiger partial charge is 0.497 e. The molecule has 0 radical (unpaired) electrons. The Hall–Kier alpha value is -4.49. The molecular formula is C42H48BrFN2O10S4. The molecule has 5 aromatic rings. The second kappa shape index (κ2) is 19.5. The van der Waals surface area contributed by atoms with Crippen molar-refractivity contribution in [3.63, 3.8) is 0 Å². The minimum Gasteiger partial charge on any atom is -0.497 e. The number of sulfone groups is 2. The van der Waals surface area contributed by atoms with Crippen molar-refractivity contribution in [3.05, 3.63) is 105 Å². The molecule has 2 heterocycles. The van der Waals surface area contributed by atoms with Gasteiger partial charge in [-0.05, 0) is 81.4 Å². The van der Waals surface area contributed by atoms with Crippen LogP contribution in [0.1, 0.15) is 51.3 Å². The average molecular weight is 968 g/mol. The Morgan fingerprint density at radius 2 is 1.08 bits per heavy atom. The number of thiophene rings is 2. The van der Waals surface area contributed by atoms with Gasteiger partial charge in [0.2, 0.25) is 19.7 Å². The molecule has 0 saturated heterocycles. The van der Waals surface area contributed by atoms with E-state index in [-0.39, 0.29) is 59.8 Å². The fraction of sp³-hybridized carbons (Fsp3) is 0.333. The molecule has 18 heteroatoms. The van der Waals surface area contributed by atoms with Crippen molar-refractivity contribution in [1.82, 2.24) is 9.80 Å². The molecule has 3 aromatic carbocycles. The second-order valence-electron chi connectivity index (χ2n) is 16.0. The van der Waals surface area contributed by atoms with Crippen LogP contribution < -0.4 is 9.47 Å². The summed E-state index contributed by atoms with van der Waals surface area (Å²) in [6, 6.07) is 21.5. The molecule has 0 aliphatic rings. The normalized spacial score (nSPS) is 12.0. The van der Waals surface area contributed by atoms with E-state index in [1.165, 1.54) is 66.5 Å². The fourth-order valence-corrected chi connectivity index (χ4v) is 13.3. The summed E-state index contributed by atoms with van der Waals surface area (Å²) in [4.78, 5) is 27.2. The van der Waals surface area contributed by atoms with Crippen LogP contribution in [0.2, 0.25) is 0 Å². The molecule has 2 N–H and O–H groups in total. The van der Waals surface area contributed by atoms with E-state index < -0.39 is 37.7 Å². The van der Waals surface area contributed by atoms with Gasteiger partial charge in [0.25, 0.3) is 0 Å². The van der Waals surface area contributed by atoms with Gasteiger partial charge in [-0.3, -0.25) is 0 Å². The lowest BCUT2D eigenvalue weighted by atomic mass is 9.96. The van der Waals surface area contributed by atoms with E-state index in [9.17, 15) is 41.0 Å². The molecule has 0 saturated carbocycles. The van der Waals surface area contributed by atoms with Crippen LogP contribution in [-0.4, -0.2) is 76.3 Å². The maximum atomic E-state index is 14.7. The molecule has 60 heavy (non-hydrogen) atoms. The highest BCUT2D eigenvalue weighted by molar-refractivity contribution is 9.10. The third-order valence-corrected chi connectivity index (χ3v) is 16.3. The number of methoxy groups -OCH3 is 2. The highest BCUT2D eigenvalue weighted by Gasteiger charge is 2.30. The van der Waals surface area contributed by atoms with Crippen molar-refractivity contribution in [1.29, 1.82) is 0 Å². The predicted molar refractivity (Wildman–Crippen MR) is 234 cm³/mol. The number of hydrogen-bond donors (Lipinski definition) is 2. The van der Waals surface area contributed by atoms with Crippen molar-refractivity contribution in [2.75, 3.05) is 27.3 Å². The zero-order valence-corrected chi connectivity index (χ0v) is 39.2. The monoisotopic (exact) mass is 966 g/mol. The molecule has 0 unspecified atom stereocenters. The minimum absolute atomic E-state index is 0.00759. The molecule has 0 aliphatic carbocycles. The Kier molecular flexibility index (Phi) is 15.6. The third kappa shape index (κ3) is 12.5. The van der Waals surface area contributed by atoms with Gasteiger partial charge in [0, 0.05) is 38.4 Å². The predicted octanol–water partition coefficient (Wildman–Crippen LogP) is 10.8. The summed E-state index contributed by atoms with van der Waals surface area (Å²) in [7, 11) is -4.87. The first-order valence-electron chi connectivity index (χ1n) is 18.3. The number of nitrogens with zero attached hydrogens (tertiary/aromatic N) is 2. The summed E-state index contributed by atoms with van der Waals surface area (Å²) in [6.07, 6.45) is -2.14. The highest BCUT2D eigenvalue weighted by atomic mass is 79.9. The smallest absolute Gasteiger partial charge is 0.407 e. The van der Waals surface area contributed by atoms with Gasteiger partial charge < -0.3 is 29.5 Å². The van der Waals surface area contributed by atoms with Crippen LogP contribution in [0.25, 0.3) is 11.1 Å². The van der Waals surface area contributed by atoms with Gasteiger partial charge in [0.15, 0.2) is 0 Å². The van der Waals surface area contributed by atoms with Crippen molar-refractivity contribution >= 4 is 70.5 Å². The van der Waals surface area contributed by atoms with E-state index in [2.05, 4.69) is 15.9 Å². The lowest BCUT2D eigenvalue weighted by molar-refractivity contribution is 0.123. The Morgan fingerprint density at radius 3 is 1.52 bits per heavy atom. The van der Waals surface area contributed by atoms with E-state index in [1.807, 2.05) is 41.5 Å². The SMILES string of the molecule is COc1cccc(S(=O)(=O)c2sc(CN(CC(C)(C)C)C(=O)O)cc2-c2ccccc2F)c1.COc1cccc(S(=O)(=O)c2sc(CN(CC(C)(C)C)C(=O)O)cc2Br)c1. The maximum absolute atomic E-state index is 14.7. The van der Waals surface area contributed by atoms with Crippen LogP contribution >= 0.6 is 38.6 Å². The molecule has 0 atom stereocenters. The number of amides is 2. The van der Waals surface area contributed by atoms with Gasteiger partial charge in [-0.15, -0.1) is 22.7 Å². The van der Waals surface area contributed by atoms with Crippen molar-refractivity contribution in [3.8, 4) is 22.6 Å². The first-order valence-corrected chi connectivity index (χ1v) is 23.7. The minimum atomic E-state index is -4.03. The summed E-state index contributed by atoms with van der Waals surface area (Å²) in [5.74, 6) is 0.266. The molecule has 0 fully saturated rings. The van der Waals surface area contributed by atoms with Crippen LogP contribution in [-0.2, 0) is 32.8 Å². The van der Waals surface area contributed by atoms with Gasteiger partial charge in [-0.25, -0.2) is 30.8 Å².